The summed E-state index contributed by atoms with van der Waals surface area (Å²) in [5, 5.41) is 9.87. The third-order valence-corrected chi connectivity index (χ3v) is 2.69. The van der Waals surface area contributed by atoms with Crippen LogP contribution in [-0.4, -0.2) is 17.6 Å². The highest BCUT2D eigenvalue weighted by atomic mass is 35.5. The Hall–Kier alpha value is -1.20. The van der Waals surface area contributed by atoms with E-state index in [1.54, 1.807) is 0 Å². The molecule has 0 aliphatic heterocycles. The van der Waals surface area contributed by atoms with Crippen LogP contribution in [0.1, 0.15) is 18.4 Å². The normalized spacial score (nSPS) is 13.8. The quantitative estimate of drug-likeness (QED) is 0.651. The van der Waals surface area contributed by atoms with Crippen molar-refractivity contribution in [3.8, 4) is 0 Å². The first-order valence-electron chi connectivity index (χ1n) is 5.03. The lowest BCUT2D eigenvalue weighted by Gasteiger charge is -2.07. The number of benzene rings is 1. The van der Waals surface area contributed by atoms with E-state index >= 15 is 0 Å². The van der Waals surface area contributed by atoms with Gasteiger partial charge in [0.2, 0.25) is 0 Å². The summed E-state index contributed by atoms with van der Waals surface area (Å²) in [6.07, 6.45) is 2.21. The minimum Gasteiger partial charge on any atom is -0.483 e. The van der Waals surface area contributed by atoms with E-state index in [1.807, 2.05) is 0 Å². The highest BCUT2D eigenvalue weighted by molar-refractivity contribution is 6.31. The molecule has 2 N–H and O–H groups in total. The van der Waals surface area contributed by atoms with Gasteiger partial charge in [0.15, 0.2) is 0 Å². The molecule has 0 radical (unpaired) electrons. The molecule has 0 heterocycles. The van der Waals surface area contributed by atoms with Crippen LogP contribution in [0.4, 0.5) is 8.78 Å². The van der Waals surface area contributed by atoms with Gasteiger partial charge in [-0.2, -0.15) is 0 Å². The lowest BCUT2D eigenvalue weighted by atomic mass is 10.2. The summed E-state index contributed by atoms with van der Waals surface area (Å²) < 4.78 is 26.2. The first kappa shape index (κ1) is 13.9. The standard InChI is InChI=1S/C10H10ClF2N.CH2O2/c11-10-7(5-14-6-1-2-6)8(12)3-4-9(10)13;2-1-3/h3-4,6,14H,1-2,5H2;1H,(H,2,3). The molecular formula is C11H12ClF2NO2. The van der Waals surface area contributed by atoms with Crippen LogP contribution in [0.5, 0.6) is 0 Å². The van der Waals surface area contributed by atoms with E-state index in [9.17, 15) is 8.78 Å². The topological polar surface area (TPSA) is 49.3 Å². The lowest BCUT2D eigenvalue weighted by molar-refractivity contribution is -0.122. The zero-order chi connectivity index (χ0) is 12.8. The molecule has 0 spiro atoms. The van der Waals surface area contributed by atoms with Crippen molar-refractivity contribution < 1.29 is 18.7 Å². The minimum atomic E-state index is -0.569. The van der Waals surface area contributed by atoms with Gasteiger partial charge in [-0.15, -0.1) is 0 Å². The molecular weight excluding hydrogens is 252 g/mol. The molecule has 0 aromatic heterocycles. The van der Waals surface area contributed by atoms with Crippen LogP contribution in [0.25, 0.3) is 0 Å². The predicted octanol–water partition coefficient (Wildman–Crippen LogP) is 2.57. The number of halogens is 3. The summed E-state index contributed by atoms with van der Waals surface area (Å²) in [5.74, 6) is -1.02. The molecule has 1 fully saturated rings. The number of carbonyl (C=O) groups is 1. The molecule has 0 amide bonds. The molecule has 0 bridgehead atoms. The van der Waals surface area contributed by atoms with Gasteiger partial charge in [0.25, 0.3) is 6.47 Å². The fourth-order valence-corrected chi connectivity index (χ4v) is 1.49. The van der Waals surface area contributed by atoms with E-state index in [4.69, 9.17) is 21.5 Å². The maximum atomic E-state index is 13.2. The summed E-state index contributed by atoms with van der Waals surface area (Å²) in [4.78, 5) is 8.36. The summed E-state index contributed by atoms with van der Waals surface area (Å²) in [5.41, 5.74) is 0.221. The maximum absolute atomic E-state index is 13.2. The van der Waals surface area contributed by atoms with Crippen LogP contribution in [0.3, 0.4) is 0 Å². The number of hydrogen-bond donors (Lipinski definition) is 2. The molecule has 1 aromatic carbocycles. The van der Waals surface area contributed by atoms with Gasteiger partial charge in [0.1, 0.15) is 11.6 Å². The average Bonchev–Trinajstić information content (AvgIpc) is 3.09. The first-order chi connectivity index (χ1) is 8.10. The van der Waals surface area contributed by atoms with E-state index in [2.05, 4.69) is 5.32 Å². The third kappa shape index (κ3) is 4.28. The van der Waals surface area contributed by atoms with E-state index in [-0.39, 0.29) is 17.1 Å². The Kier molecular flexibility index (Phi) is 5.31. The first-order valence-corrected chi connectivity index (χ1v) is 5.41. The summed E-state index contributed by atoms with van der Waals surface area (Å²) in [7, 11) is 0. The third-order valence-electron chi connectivity index (χ3n) is 2.28. The minimum absolute atomic E-state index is 0.113. The van der Waals surface area contributed by atoms with Crippen LogP contribution in [0.15, 0.2) is 12.1 Å². The number of rotatable bonds is 3. The number of nitrogens with one attached hydrogen (secondary N) is 1. The monoisotopic (exact) mass is 263 g/mol. The van der Waals surface area contributed by atoms with Crippen molar-refractivity contribution in [1.29, 1.82) is 0 Å². The fraction of sp³-hybridized carbons (Fsp3) is 0.364. The second-order valence-corrected chi connectivity index (χ2v) is 3.96. The maximum Gasteiger partial charge on any atom is 0.290 e. The van der Waals surface area contributed by atoms with Gasteiger partial charge in [-0.25, -0.2) is 8.78 Å². The average molecular weight is 264 g/mol. The molecule has 0 atom stereocenters. The second-order valence-electron chi connectivity index (χ2n) is 3.58. The van der Waals surface area contributed by atoms with Crippen LogP contribution in [-0.2, 0) is 11.3 Å². The molecule has 94 valence electrons. The van der Waals surface area contributed by atoms with Gasteiger partial charge in [-0.3, -0.25) is 4.79 Å². The second kappa shape index (κ2) is 6.51. The van der Waals surface area contributed by atoms with Crippen molar-refractivity contribution in [2.24, 2.45) is 0 Å². The number of hydrogen-bond acceptors (Lipinski definition) is 2. The number of carboxylic acid groups (broad SMARTS) is 1. The van der Waals surface area contributed by atoms with E-state index in [0.29, 0.717) is 12.6 Å². The Balaban J connectivity index is 0.000000437. The van der Waals surface area contributed by atoms with Crippen LogP contribution < -0.4 is 5.32 Å². The smallest absolute Gasteiger partial charge is 0.290 e. The SMILES string of the molecule is Fc1ccc(F)c(CNC2CC2)c1Cl.O=CO. The van der Waals surface area contributed by atoms with Crippen molar-refractivity contribution in [3.63, 3.8) is 0 Å². The molecule has 3 nitrogen and oxygen atoms in total. The molecule has 0 unspecified atom stereocenters. The van der Waals surface area contributed by atoms with Gasteiger partial charge in [0.05, 0.1) is 5.02 Å². The molecule has 1 aliphatic rings. The van der Waals surface area contributed by atoms with Crippen molar-refractivity contribution in [2.75, 3.05) is 0 Å². The van der Waals surface area contributed by atoms with Crippen molar-refractivity contribution in [1.82, 2.24) is 5.32 Å². The molecule has 1 aliphatic carbocycles. The molecule has 1 saturated carbocycles. The zero-order valence-corrected chi connectivity index (χ0v) is 9.68. The molecule has 6 heteroatoms. The van der Waals surface area contributed by atoms with E-state index in [0.717, 1.165) is 25.0 Å². The van der Waals surface area contributed by atoms with Crippen LogP contribution >= 0.6 is 11.6 Å². The van der Waals surface area contributed by atoms with Gasteiger partial charge >= 0.3 is 0 Å². The van der Waals surface area contributed by atoms with Gasteiger partial charge in [-0.05, 0) is 25.0 Å². The van der Waals surface area contributed by atoms with Gasteiger partial charge in [-0.1, -0.05) is 11.6 Å². The van der Waals surface area contributed by atoms with Crippen LogP contribution in [0, 0.1) is 11.6 Å². The van der Waals surface area contributed by atoms with Crippen LogP contribution in [0.2, 0.25) is 5.02 Å². The Labute approximate surface area is 102 Å². The highest BCUT2D eigenvalue weighted by Crippen LogP contribution is 2.25. The van der Waals surface area contributed by atoms with Gasteiger partial charge < -0.3 is 10.4 Å². The Morgan fingerprint density at radius 1 is 1.41 bits per heavy atom. The van der Waals surface area contributed by atoms with Crippen molar-refractivity contribution in [3.05, 3.63) is 34.4 Å². The largest absolute Gasteiger partial charge is 0.483 e. The van der Waals surface area contributed by atoms with Gasteiger partial charge in [0, 0.05) is 18.2 Å². The van der Waals surface area contributed by atoms with E-state index in [1.165, 1.54) is 0 Å². The highest BCUT2D eigenvalue weighted by Gasteiger charge is 2.21. The Bertz CT molecular complexity index is 397. The lowest BCUT2D eigenvalue weighted by Crippen LogP contribution is -2.16. The molecule has 1 aromatic rings. The van der Waals surface area contributed by atoms with Crippen molar-refractivity contribution >= 4 is 18.1 Å². The Morgan fingerprint density at radius 3 is 2.47 bits per heavy atom. The molecule has 0 saturated heterocycles. The zero-order valence-electron chi connectivity index (χ0n) is 8.92. The predicted molar refractivity (Wildman–Crippen MR) is 59.9 cm³/mol. The Morgan fingerprint density at radius 2 is 1.94 bits per heavy atom. The molecule has 17 heavy (non-hydrogen) atoms. The van der Waals surface area contributed by atoms with E-state index < -0.39 is 11.6 Å². The van der Waals surface area contributed by atoms with Crippen molar-refractivity contribution in [2.45, 2.75) is 25.4 Å². The molecule has 2 rings (SSSR count). The summed E-state index contributed by atoms with van der Waals surface area (Å²) in [6.45, 7) is 0.0487. The summed E-state index contributed by atoms with van der Waals surface area (Å²) >= 11 is 5.65. The summed E-state index contributed by atoms with van der Waals surface area (Å²) in [6, 6.07) is 2.59. The fourth-order valence-electron chi connectivity index (χ4n) is 1.26.